The molecular formula is C31H52O2. The van der Waals surface area contributed by atoms with Crippen molar-refractivity contribution in [3.8, 4) is 0 Å². The van der Waals surface area contributed by atoms with Crippen LogP contribution in [0.4, 0.5) is 0 Å². The van der Waals surface area contributed by atoms with Crippen molar-refractivity contribution < 1.29 is 9.90 Å². The van der Waals surface area contributed by atoms with Crippen molar-refractivity contribution >= 4 is 5.97 Å². The fourth-order valence-corrected chi connectivity index (χ4v) is 11.9. The summed E-state index contributed by atoms with van der Waals surface area (Å²) in [6.07, 6.45) is 12.3. The minimum Gasteiger partial charge on any atom is -0.481 e. The van der Waals surface area contributed by atoms with Gasteiger partial charge in [0.15, 0.2) is 0 Å². The Morgan fingerprint density at radius 1 is 0.788 bits per heavy atom. The monoisotopic (exact) mass is 456 g/mol. The second kappa shape index (κ2) is 7.25. The van der Waals surface area contributed by atoms with E-state index >= 15 is 0 Å². The first kappa shape index (κ1) is 24.2. The van der Waals surface area contributed by atoms with Gasteiger partial charge in [-0.1, -0.05) is 55.4 Å². The first-order valence-electron chi connectivity index (χ1n) is 14.5. The van der Waals surface area contributed by atoms with Crippen molar-refractivity contribution in [2.45, 2.75) is 120 Å². The standard InChI is InChI=1S/C31H52O2/c1-19(2)21-12-16-31(26(32)33)18-17-29(7)22(25(21)31)9-10-24-28(6)14-11-20(3)27(4,5)23(28)13-15-30(24,29)8/h19-25H,9-18H2,1-8H3,(H,32,33)/t20-,21-,22+,23-,24+,25+,28-,29+,30+,31-/m0/s1. The molecule has 0 aliphatic heterocycles. The Bertz CT molecular complexity index is 814. The molecule has 0 unspecified atom stereocenters. The smallest absolute Gasteiger partial charge is 0.309 e. The highest BCUT2D eigenvalue weighted by molar-refractivity contribution is 5.76. The van der Waals surface area contributed by atoms with Crippen molar-refractivity contribution in [3.63, 3.8) is 0 Å². The van der Waals surface area contributed by atoms with Crippen LogP contribution >= 0.6 is 0 Å². The van der Waals surface area contributed by atoms with Crippen molar-refractivity contribution in [3.05, 3.63) is 0 Å². The summed E-state index contributed by atoms with van der Waals surface area (Å²) >= 11 is 0. The fourth-order valence-electron chi connectivity index (χ4n) is 11.9. The zero-order chi connectivity index (χ0) is 24.2. The summed E-state index contributed by atoms with van der Waals surface area (Å²) in [5, 5.41) is 10.5. The number of fused-ring (bicyclic) bond motifs is 7. The topological polar surface area (TPSA) is 37.3 Å². The maximum atomic E-state index is 12.8. The third kappa shape index (κ3) is 2.82. The van der Waals surface area contributed by atoms with Crippen LogP contribution in [0.2, 0.25) is 0 Å². The maximum absolute atomic E-state index is 12.8. The highest BCUT2D eigenvalue weighted by Crippen LogP contribution is 2.77. The molecule has 0 amide bonds. The van der Waals surface area contributed by atoms with Gasteiger partial charge in [0.25, 0.3) is 0 Å². The molecule has 0 aromatic carbocycles. The summed E-state index contributed by atoms with van der Waals surface area (Å²) in [5.41, 5.74) is 1.09. The Balaban J connectivity index is 1.56. The molecule has 5 aliphatic carbocycles. The number of hydrogen-bond donors (Lipinski definition) is 1. The SMILES string of the molecule is CC(C)[C@@H]1CC[C@]2(C(=O)O)CC[C@]3(C)[C@H](CC[C@@H]4[C@@]5(C)CC[C@H](C)C(C)(C)[C@@H]5CC[C@]43C)[C@@H]12. The van der Waals surface area contributed by atoms with E-state index in [0.29, 0.717) is 39.9 Å². The lowest BCUT2D eigenvalue weighted by Gasteiger charge is -2.73. The van der Waals surface area contributed by atoms with Crippen LogP contribution in [0, 0.1) is 68.5 Å². The fraction of sp³-hybridized carbons (Fsp3) is 0.968. The van der Waals surface area contributed by atoms with E-state index in [2.05, 4.69) is 55.4 Å². The molecule has 0 aromatic heterocycles. The van der Waals surface area contributed by atoms with Gasteiger partial charge < -0.3 is 5.11 Å². The lowest BCUT2D eigenvalue weighted by molar-refractivity contribution is -0.244. The zero-order valence-electron chi connectivity index (χ0n) is 23.0. The summed E-state index contributed by atoms with van der Waals surface area (Å²) in [6, 6.07) is 0. The number of hydrogen-bond acceptors (Lipinski definition) is 1. The van der Waals surface area contributed by atoms with E-state index in [0.717, 1.165) is 43.4 Å². The molecule has 5 aliphatic rings. The van der Waals surface area contributed by atoms with Gasteiger partial charge in [-0.2, -0.15) is 0 Å². The molecule has 0 aromatic rings. The molecule has 5 saturated carbocycles. The lowest BCUT2D eigenvalue weighted by atomic mass is 9.32. The molecule has 1 N–H and O–H groups in total. The van der Waals surface area contributed by atoms with Crippen LogP contribution in [0.3, 0.4) is 0 Å². The van der Waals surface area contributed by atoms with E-state index in [4.69, 9.17) is 0 Å². The van der Waals surface area contributed by atoms with E-state index in [9.17, 15) is 9.90 Å². The first-order chi connectivity index (χ1) is 15.3. The molecule has 0 radical (unpaired) electrons. The Hall–Kier alpha value is -0.530. The zero-order valence-corrected chi connectivity index (χ0v) is 23.0. The van der Waals surface area contributed by atoms with Crippen molar-refractivity contribution in [2.75, 3.05) is 0 Å². The lowest BCUT2D eigenvalue weighted by Crippen LogP contribution is -2.66. The van der Waals surface area contributed by atoms with Gasteiger partial charge in [0.2, 0.25) is 0 Å². The van der Waals surface area contributed by atoms with Crippen LogP contribution in [0.25, 0.3) is 0 Å². The molecule has 2 nitrogen and oxygen atoms in total. The van der Waals surface area contributed by atoms with Crippen LogP contribution in [0.1, 0.15) is 120 Å². The van der Waals surface area contributed by atoms with E-state index in [1.165, 1.54) is 38.5 Å². The highest BCUT2D eigenvalue weighted by Gasteiger charge is 2.71. The predicted octanol–water partition coefficient (Wildman–Crippen LogP) is 8.44. The molecule has 0 spiro atoms. The molecule has 5 rings (SSSR count). The Morgan fingerprint density at radius 3 is 2.12 bits per heavy atom. The normalized spacial score (nSPS) is 55.3. The molecule has 33 heavy (non-hydrogen) atoms. The molecule has 0 bridgehead atoms. The summed E-state index contributed by atoms with van der Waals surface area (Å²) in [4.78, 5) is 12.8. The average molecular weight is 457 g/mol. The summed E-state index contributed by atoms with van der Waals surface area (Å²) < 4.78 is 0. The van der Waals surface area contributed by atoms with Crippen molar-refractivity contribution in [2.24, 2.45) is 68.5 Å². The van der Waals surface area contributed by atoms with Gasteiger partial charge in [0.1, 0.15) is 0 Å². The molecule has 0 saturated heterocycles. The maximum Gasteiger partial charge on any atom is 0.309 e. The third-order valence-electron chi connectivity index (χ3n) is 14.3. The molecular weight excluding hydrogens is 404 g/mol. The average Bonchev–Trinajstić information content (AvgIpc) is 3.13. The second-order valence-corrected chi connectivity index (χ2v) is 15.4. The molecule has 0 heterocycles. The largest absolute Gasteiger partial charge is 0.481 e. The van der Waals surface area contributed by atoms with Crippen molar-refractivity contribution in [1.29, 1.82) is 0 Å². The van der Waals surface area contributed by atoms with Gasteiger partial charge in [0.05, 0.1) is 5.41 Å². The molecule has 2 heteroatoms. The van der Waals surface area contributed by atoms with Gasteiger partial charge in [-0.3, -0.25) is 4.79 Å². The van der Waals surface area contributed by atoms with Gasteiger partial charge in [-0.25, -0.2) is 0 Å². The minimum absolute atomic E-state index is 0.290. The van der Waals surface area contributed by atoms with Crippen LogP contribution < -0.4 is 0 Å². The second-order valence-electron chi connectivity index (χ2n) is 15.4. The van der Waals surface area contributed by atoms with E-state index in [-0.39, 0.29) is 5.41 Å². The van der Waals surface area contributed by atoms with Gasteiger partial charge in [-0.05, 0) is 127 Å². The molecule has 5 fully saturated rings. The van der Waals surface area contributed by atoms with Crippen LogP contribution in [-0.2, 0) is 4.79 Å². The summed E-state index contributed by atoms with van der Waals surface area (Å²) in [6.45, 7) is 20.4. The van der Waals surface area contributed by atoms with Gasteiger partial charge in [-0.15, -0.1) is 0 Å². The first-order valence-corrected chi connectivity index (χ1v) is 14.5. The molecule has 188 valence electrons. The van der Waals surface area contributed by atoms with E-state index in [1.807, 2.05) is 0 Å². The van der Waals surface area contributed by atoms with Gasteiger partial charge in [0, 0.05) is 0 Å². The Kier molecular flexibility index (Phi) is 5.31. The number of carbonyl (C=O) groups is 1. The van der Waals surface area contributed by atoms with Crippen LogP contribution in [0.15, 0.2) is 0 Å². The number of carboxylic acid groups (broad SMARTS) is 1. The van der Waals surface area contributed by atoms with Crippen molar-refractivity contribution in [1.82, 2.24) is 0 Å². The van der Waals surface area contributed by atoms with Crippen LogP contribution in [0.5, 0.6) is 0 Å². The Morgan fingerprint density at radius 2 is 1.48 bits per heavy atom. The minimum atomic E-state index is -0.469. The van der Waals surface area contributed by atoms with Crippen LogP contribution in [-0.4, -0.2) is 11.1 Å². The Labute approximate surface area is 204 Å². The van der Waals surface area contributed by atoms with Gasteiger partial charge >= 0.3 is 5.97 Å². The number of carboxylic acids is 1. The quantitative estimate of drug-likeness (QED) is 0.452. The van der Waals surface area contributed by atoms with E-state index < -0.39 is 11.4 Å². The summed E-state index contributed by atoms with van der Waals surface area (Å²) in [7, 11) is 0. The number of aliphatic carboxylic acids is 1. The van der Waals surface area contributed by atoms with E-state index in [1.54, 1.807) is 0 Å². The summed E-state index contributed by atoms with van der Waals surface area (Å²) in [5.74, 6) is 4.16. The highest BCUT2D eigenvalue weighted by atomic mass is 16.4. The molecule has 10 atom stereocenters. The third-order valence-corrected chi connectivity index (χ3v) is 14.3. The predicted molar refractivity (Wildman–Crippen MR) is 136 cm³/mol. The number of rotatable bonds is 2.